The molecule has 3 heteroatoms. The monoisotopic (exact) mass is 494 g/mol. The molecule has 2 aromatic rings. The predicted molar refractivity (Wildman–Crippen MR) is 151 cm³/mol. The summed E-state index contributed by atoms with van der Waals surface area (Å²) in [5.74, 6) is 0.723. The summed E-state index contributed by atoms with van der Waals surface area (Å²) in [6.07, 6.45) is 20.2. The zero-order valence-electron chi connectivity index (χ0n) is 23.0. The van der Waals surface area contributed by atoms with Gasteiger partial charge in [0, 0.05) is 6.42 Å². The van der Waals surface area contributed by atoms with E-state index in [0.717, 1.165) is 29.7 Å². The van der Waals surface area contributed by atoms with Crippen LogP contribution in [0.25, 0.3) is 0 Å². The number of carbonyl (C=O) groups is 1. The van der Waals surface area contributed by atoms with Crippen molar-refractivity contribution in [1.82, 2.24) is 0 Å². The summed E-state index contributed by atoms with van der Waals surface area (Å²) in [6, 6.07) is 18.0. The second-order valence-electron chi connectivity index (χ2n) is 10.2. The van der Waals surface area contributed by atoms with Gasteiger partial charge in [-0.05, 0) is 36.6 Å². The maximum Gasteiger partial charge on any atom is 0.306 e. The average Bonchev–Trinajstić information content (AvgIpc) is 2.90. The van der Waals surface area contributed by atoms with Crippen molar-refractivity contribution in [2.24, 2.45) is 0 Å². The van der Waals surface area contributed by atoms with Gasteiger partial charge in [0.05, 0.1) is 0 Å². The molecular formula is C33H50O3. The van der Waals surface area contributed by atoms with E-state index in [-0.39, 0.29) is 12.1 Å². The molecule has 1 unspecified atom stereocenters. The highest BCUT2D eigenvalue weighted by Crippen LogP contribution is 2.22. The van der Waals surface area contributed by atoms with Crippen molar-refractivity contribution in [3.63, 3.8) is 0 Å². The molecule has 0 amide bonds. The van der Waals surface area contributed by atoms with E-state index in [9.17, 15) is 4.79 Å². The molecule has 2 aromatic carbocycles. The largest absolute Gasteiger partial charge is 0.489 e. The smallest absolute Gasteiger partial charge is 0.306 e. The third-order valence-corrected chi connectivity index (χ3v) is 6.89. The van der Waals surface area contributed by atoms with Crippen molar-refractivity contribution < 1.29 is 14.3 Å². The van der Waals surface area contributed by atoms with Gasteiger partial charge in [0.1, 0.15) is 18.5 Å². The first-order valence-electron chi connectivity index (χ1n) is 14.6. The number of hydrogen-bond donors (Lipinski definition) is 0. The zero-order valence-corrected chi connectivity index (χ0v) is 23.0. The van der Waals surface area contributed by atoms with Gasteiger partial charge < -0.3 is 9.47 Å². The summed E-state index contributed by atoms with van der Waals surface area (Å²) in [4.78, 5) is 12.2. The molecule has 0 saturated carbocycles. The number of unbranched alkanes of at least 4 members (excludes halogenated alkanes) is 14. The van der Waals surface area contributed by atoms with Crippen molar-refractivity contribution in [1.29, 1.82) is 0 Å². The molecule has 0 aliphatic heterocycles. The topological polar surface area (TPSA) is 35.5 Å². The quantitative estimate of drug-likeness (QED) is 0.128. The number of rotatable bonds is 21. The highest BCUT2D eigenvalue weighted by molar-refractivity contribution is 5.69. The lowest BCUT2D eigenvalue weighted by Crippen LogP contribution is -2.08. The first kappa shape index (κ1) is 29.9. The van der Waals surface area contributed by atoms with Crippen LogP contribution in [0.2, 0.25) is 0 Å². The summed E-state index contributed by atoms with van der Waals surface area (Å²) in [5, 5.41) is 0. The Balaban J connectivity index is 1.44. The molecule has 0 heterocycles. The minimum Gasteiger partial charge on any atom is -0.489 e. The molecule has 0 N–H and O–H groups in total. The molecule has 0 aromatic heterocycles. The molecule has 1 atom stereocenters. The zero-order chi connectivity index (χ0) is 25.7. The fourth-order valence-corrected chi connectivity index (χ4v) is 4.54. The van der Waals surface area contributed by atoms with Gasteiger partial charge in [-0.2, -0.15) is 0 Å². The Labute approximate surface area is 221 Å². The SMILES string of the molecule is CCCCCCCCCCCCCCCCCC(=O)OC(C)c1ccc(OCc2ccccc2)cc1. The Morgan fingerprint density at radius 2 is 1.17 bits per heavy atom. The summed E-state index contributed by atoms with van der Waals surface area (Å²) < 4.78 is 11.5. The summed E-state index contributed by atoms with van der Waals surface area (Å²) in [5.41, 5.74) is 2.13. The second-order valence-corrected chi connectivity index (χ2v) is 10.2. The Kier molecular flexibility index (Phi) is 16.5. The first-order valence-corrected chi connectivity index (χ1v) is 14.6. The lowest BCUT2D eigenvalue weighted by molar-refractivity contribution is -0.148. The van der Waals surface area contributed by atoms with Crippen molar-refractivity contribution in [2.45, 2.75) is 129 Å². The van der Waals surface area contributed by atoms with E-state index in [1.54, 1.807) is 0 Å². The van der Waals surface area contributed by atoms with Gasteiger partial charge in [0.2, 0.25) is 0 Å². The predicted octanol–water partition coefficient (Wildman–Crippen LogP) is 10.1. The van der Waals surface area contributed by atoms with Crippen LogP contribution in [-0.2, 0) is 16.1 Å². The molecule has 0 aliphatic rings. The van der Waals surface area contributed by atoms with Gasteiger partial charge in [0.15, 0.2) is 0 Å². The van der Waals surface area contributed by atoms with Gasteiger partial charge in [-0.3, -0.25) is 4.79 Å². The van der Waals surface area contributed by atoms with Crippen LogP contribution in [0.5, 0.6) is 5.75 Å². The molecule has 0 aliphatic carbocycles. The van der Waals surface area contributed by atoms with E-state index in [1.807, 2.05) is 49.4 Å². The number of ether oxygens (including phenoxy) is 2. The molecular weight excluding hydrogens is 444 g/mol. The van der Waals surface area contributed by atoms with E-state index in [0.29, 0.717) is 13.0 Å². The van der Waals surface area contributed by atoms with Crippen LogP contribution in [0.15, 0.2) is 54.6 Å². The number of benzene rings is 2. The highest BCUT2D eigenvalue weighted by atomic mass is 16.5. The third-order valence-electron chi connectivity index (χ3n) is 6.89. The van der Waals surface area contributed by atoms with Gasteiger partial charge in [0.25, 0.3) is 0 Å². The van der Waals surface area contributed by atoms with E-state index in [4.69, 9.17) is 9.47 Å². The molecule has 0 saturated heterocycles. The molecule has 200 valence electrons. The standard InChI is InChI=1S/C33H50O3/c1-3-4-5-6-7-8-9-10-11-12-13-14-15-16-20-23-33(34)36-29(2)31-24-26-32(27-25-31)35-28-30-21-18-17-19-22-30/h17-19,21-22,24-27,29H,3-16,20,23,28H2,1-2H3. The van der Waals surface area contributed by atoms with Crippen LogP contribution in [-0.4, -0.2) is 5.97 Å². The molecule has 0 bridgehead atoms. The fraction of sp³-hybridized carbons (Fsp3) is 0.606. The van der Waals surface area contributed by atoms with Crippen molar-refractivity contribution in [3.8, 4) is 5.75 Å². The maximum absolute atomic E-state index is 12.2. The van der Waals surface area contributed by atoms with Crippen LogP contribution in [0.3, 0.4) is 0 Å². The van der Waals surface area contributed by atoms with Crippen LogP contribution >= 0.6 is 0 Å². The Morgan fingerprint density at radius 1 is 0.667 bits per heavy atom. The lowest BCUT2D eigenvalue weighted by Gasteiger charge is -2.14. The number of hydrogen-bond acceptors (Lipinski definition) is 3. The molecule has 0 spiro atoms. The van der Waals surface area contributed by atoms with E-state index < -0.39 is 0 Å². The molecule has 36 heavy (non-hydrogen) atoms. The summed E-state index contributed by atoms with van der Waals surface area (Å²) in [7, 11) is 0. The fourth-order valence-electron chi connectivity index (χ4n) is 4.54. The van der Waals surface area contributed by atoms with E-state index in [2.05, 4.69) is 19.1 Å². The Hall–Kier alpha value is -2.29. The van der Waals surface area contributed by atoms with Gasteiger partial charge in [-0.25, -0.2) is 0 Å². The minimum absolute atomic E-state index is 0.0957. The van der Waals surface area contributed by atoms with Gasteiger partial charge >= 0.3 is 5.97 Å². The third kappa shape index (κ3) is 14.3. The van der Waals surface area contributed by atoms with E-state index >= 15 is 0 Å². The maximum atomic E-state index is 12.2. The van der Waals surface area contributed by atoms with Crippen molar-refractivity contribution in [2.75, 3.05) is 0 Å². The average molecular weight is 495 g/mol. The van der Waals surface area contributed by atoms with Crippen molar-refractivity contribution >= 4 is 5.97 Å². The van der Waals surface area contributed by atoms with Crippen molar-refractivity contribution in [3.05, 3.63) is 65.7 Å². The normalized spacial score (nSPS) is 11.8. The Bertz CT molecular complexity index is 784. The second kappa shape index (κ2) is 19.8. The highest BCUT2D eigenvalue weighted by Gasteiger charge is 2.11. The summed E-state index contributed by atoms with van der Waals surface area (Å²) >= 11 is 0. The molecule has 0 radical (unpaired) electrons. The first-order chi connectivity index (χ1) is 17.7. The molecule has 0 fully saturated rings. The van der Waals surface area contributed by atoms with Gasteiger partial charge in [-0.15, -0.1) is 0 Å². The molecule has 2 rings (SSSR count). The van der Waals surface area contributed by atoms with Gasteiger partial charge in [-0.1, -0.05) is 139 Å². The van der Waals surface area contributed by atoms with E-state index in [1.165, 1.54) is 83.5 Å². The van der Waals surface area contributed by atoms with Crippen LogP contribution in [0, 0.1) is 0 Å². The lowest BCUT2D eigenvalue weighted by atomic mass is 10.0. The van der Waals surface area contributed by atoms with Crippen LogP contribution < -0.4 is 4.74 Å². The molecule has 3 nitrogen and oxygen atoms in total. The van der Waals surface area contributed by atoms with Crippen LogP contribution in [0.1, 0.15) is 134 Å². The Morgan fingerprint density at radius 3 is 1.69 bits per heavy atom. The minimum atomic E-state index is -0.239. The number of carbonyl (C=O) groups excluding carboxylic acids is 1. The number of esters is 1. The van der Waals surface area contributed by atoms with Crippen LogP contribution in [0.4, 0.5) is 0 Å². The summed E-state index contributed by atoms with van der Waals surface area (Å²) in [6.45, 7) is 4.76.